The van der Waals surface area contributed by atoms with Gasteiger partial charge >= 0.3 is 0 Å². The van der Waals surface area contributed by atoms with Crippen LogP contribution >= 0.6 is 0 Å². The minimum absolute atomic E-state index is 0.131. The Morgan fingerprint density at radius 1 is 1.09 bits per heavy atom. The number of likely N-dealkylation sites (tertiary alicyclic amines) is 1. The first-order valence-corrected chi connectivity index (χ1v) is 8.21. The lowest BCUT2D eigenvalue weighted by Gasteiger charge is -2.21. The Morgan fingerprint density at radius 2 is 1.65 bits per heavy atom. The van der Waals surface area contributed by atoms with Gasteiger partial charge in [-0.05, 0) is 18.4 Å². The summed E-state index contributed by atoms with van der Waals surface area (Å²) in [6.45, 7) is 0.344. The van der Waals surface area contributed by atoms with Crippen LogP contribution in [0.3, 0.4) is 0 Å². The van der Waals surface area contributed by atoms with Crippen molar-refractivity contribution < 1.29 is 14.4 Å². The van der Waals surface area contributed by atoms with Gasteiger partial charge in [0.1, 0.15) is 6.54 Å². The van der Waals surface area contributed by atoms with Crippen LogP contribution in [0.25, 0.3) is 0 Å². The van der Waals surface area contributed by atoms with Gasteiger partial charge in [0, 0.05) is 13.6 Å². The molecule has 122 valence electrons. The fourth-order valence-corrected chi connectivity index (χ4v) is 3.59. The Balaban J connectivity index is 1.63. The third-order valence-electron chi connectivity index (χ3n) is 4.91. The molecule has 0 radical (unpaired) electrons. The molecule has 3 amide bonds. The molecule has 1 saturated heterocycles. The van der Waals surface area contributed by atoms with E-state index in [1.807, 2.05) is 30.3 Å². The number of amides is 3. The molecule has 3 rings (SSSR count). The summed E-state index contributed by atoms with van der Waals surface area (Å²) in [5.74, 6) is -0.886. The van der Waals surface area contributed by atoms with Gasteiger partial charge in [-0.3, -0.25) is 19.3 Å². The summed E-state index contributed by atoms with van der Waals surface area (Å²) in [5.41, 5.74) is 1.02. The fourth-order valence-electron chi connectivity index (χ4n) is 3.59. The largest absolute Gasteiger partial charge is 0.340 e. The van der Waals surface area contributed by atoms with E-state index in [0.29, 0.717) is 6.54 Å². The Labute approximate surface area is 136 Å². The van der Waals surface area contributed by atoms with Crippen LogP contribution in [0.4, 0.5) is 0 Å². The van der Waals surface area contributed by atoms with Crippen molar-refractivity contribution in [2.75, 3.05) is 13.6 Å². The number of carbonyl (C=O) groups excluding carboxylic acids is 3. The molecule has 0 spiro atoms. The zero-order valence-corrected chi connectivity index (χ0v) is 13.4. The zero-order chi connectivity index (χ0) is 16.4. The Hall–Kier alpha value is -2.17. The van der Waals surface area contributed by atoms with Crippen LogP contribution in [0.5, 0.6) is 0 Å². The summed E-state index contributed by atoms with van der Waals surface area (Å²) in [5, 5.41) is 0. The molecule has 0 aromatic heterocycles. The standard InChI is InChI=1S/C18H22N2O3/c1-19(11-13-7-3-2-4-8-13)16(21)12-20-17(22)14-9-5-6-10-15(14)18(20)23/h2-4,7-8,14-15H,5-6,9-12H2,1H3. The minimum atomic E-state index is -0.200. The van der Waals surface area contributed by atoms with Gasteiger partial charge in [-0.25, -0.2) is 0 Å². The summed E-state index contributed by atoms with van der Waals surface area (Å²) >= 11 is 0. The van der Waals surface area contributed by atoms with Crippen molar-refractivity contribution in [2.24, 2.45) is 11.8 Å². The minimum Gasteiger partial charge on any atom is -0.340 e. The lowest BCUT2D eigenvalue weighted by atomic mass is 9.81. The third-order valence-corrected chi connectivity index (χ3v) is 4.91. The van der Waals surface area contributed by atoms with E-state index >= 15 is 0 Å². The molecule has 1 aromatic rings. The van der Waals surface area contributed by atoms with Crippen LogP contribution < -0.4 is 0 Å². The number of carbonyl (C=O) groups is 3. The Kier molecular flexibility index (Phi) is 4.46. The monoisotopic (exact) mass is 314 g/mol. The molecular weight excluding hydrogens is 292 g/mol. The average molecular weight is 314 g/mol. The van der Waals surface area contributed by atoms with E-state index in [0.717, 1.165) is 31.2 Å². The topological polar surface area (TPSA) is 57.7 Å². The van der Waals surface area contributed by atoms with E-state index in [1.165, 1.54) is 4.90 Å². The van der Waals surface area contributed by atoms with Crippen molar-refractivity contribution >= 4 is 17.7 Å². The molecule has 23 heavy (non-hydrogen) atoms. The maximum absolute atomic E-state index is 12.4. The SMILES string of the molecule is CN(Cc1ccccc1)C(=O)CN1C(=O)C2CCCCC2C1=O. The summed E-state index contributed by atoms with van der Waals surface area (Å²) in [6.07, 6.45) is 3.55. The van der Waals surface area contributed by atoms with Gasteiger partial charge in [-0.15, -0.1) is 0 Å². The first-order valence-electron chi connectivity index (χ1n) is 8.21. The molecule has 2 unspecified atom stereocenters. The lowest BCUT2D eigenvalue weighted by Crippen LogP contribution is -2.41. The Morgan fingerprint density at radius 3 is 2.22 bits per heavy atom. The molecule has 0 bridgehead atoms. The number of nitrogens with zero attached hydrogens (tertiary/aromatic N) is 2. The fraction of sp³-hybridized carbons (Fsp3) is 0.500. The van der Waals surface area contributed by atoms with E-state index in [2.05, 4.69) is 0 Å². The number of fused-ring (bicyclic) bond motifs is 1. The molecule has 2 atom stereocenters. The van der Waals surface area contributed by atoms with Crippen LogP contribution in [0.2, 0.25) is 0 Å². The van der Waals surface area contributed by atoms with Crippen molar-refractivity contribution in [3.63, 3.8) is 0 Å². The van der Waals surface area contributed by atoms with E-state index < -0.39 is 0 Å². The molecule has 1 heterocycles. The van der Waals surface area contributed by atoms with Crippen molar-refractivity contribution in [1.82, 2.24) is 9.80 Å². The smallest absolute Gasteiger partial charge is 0.242 e. The first kappa shape index (κ1) is 15.7. The second-order valence-electron chi connectivity index (χ2n) is 6.50. The number of rotatable bonds is 4. The quantitative estimate of drug-likeness (QED) is 0.797. The maximum Gasteiger partial charge on any atom is 0.242 e. The van der Waals surface area contributed by atoms with Gasteiger partial charge in [0.25, 0.3) is 0 Å². The molecule has 1 aliphatic carbocycles. The highest BCUT2D eigenvalue weighted by molar-refractivity contribution is 6.07. The van der Waals surface area contributed by atoms with Gasteiger partial charge in [0.05, 0.1) is 11.8 Å². The van der Waals surface area contributed by atoms with E-state index in [-0.39, 0.29) is 36.1 Å². The number of hydrogen-bond acceptors (Lipinski definition) is 3. The van der Waals surface area contributed by atoms with E-state index in [1.54, 1.807) is 11.9 Å². The molecule has 2 aliphatic rings. The molecule has 1 saturated carbocycles. The van der Waals surface area contributed by atoms with E-state index in [9.17, 15) is 14.4 Å². The summed E-state index contributed by atoms with van der Waals surface area (Å²) in [7, 11) is 1.70. The highest BCUT2D eigenvalue weighted by atomic mass is 16.2. The Bertz CT molecular complexity index is 590. The average Bonchev–Trinajstić information content (AvgIpc) is 2.81. The predicted octanol–water partition coefficient (Wildman–Crippen LogP) is 1.82. The molecule has 2 fully saturated rings. The van der Waals surface area contributed by atoms with Gasteiger partial charge in [0.2, 0.25) is 17.7 Å². The van der Waals surface area contributed by atoms with Crippen LogP contribution in [0.1, 0.15) is 31.2 Å². The van der Waals surface area contributed by atoms with Gasteiger partial charge in [-0.1, -0.05) is 43.2 Å². The van der Waals surface area contributed by atoms with Crippen LogP contribution in [-0.2, 0) is 20.9 Å². The van der Waals surface area contributed by atoms with Gasteiger partial charge < -0.3 is 4.90 Å². The second-order valence-corrected chi connectivity index (χ2v) is 6.50. The number of likely N-dealkylation sites (N-methyl/N-ethyl adjacent to an activating group) is 1. The number of hydrogen-bond donors (Lipinski definition) is 0. The maximum atomic E-state index is 12.4. The molecule has 5 heteroatoms. The molecule has 1 aromatic carbocycles. The van der Waals surface area contributed by atoms with Crippen molar-refractivity contribution in [3.05, 3.63) is 35.9 Å². The zero-order valence-electron chi connectivity index (χ0n) is 13.4. The van der Waals surface area contributed by atoms with Crippen molar-refractivity contribution in [3.8, 4) is 0 Å². The first-order chi connectivity index (χ1) is 11.1. The van der Waals surface area contributed by atoms with Crippen molar-refractivity contribution in [1.29, 1.82) is 0 Å². The van der Waals surface area contributed by atoms with Crippen LogP contribution in [0, 0.1) is 11.8 Å². The summed E-state index contributed by atoms with van der Waals surface area (Å²) in [6, 6.07) is 9.67. The summed E-state index contributed by atoms with van der Waals surface area (Å²) in [4.78, 5) is 39.9. The highest BCUT2D eigenvalue weighted by Crippen LogP contribution is 2.37. The molecule has 1 aliphatic heterocycles. The van der Waals surface area contributed by atoms with Crippen LogP contribution in [0.15, 0.2) is 30.3 Å². The van der Waals surface area contributed by atoms with Gasteiger partial charge in [0.15, 0.2) is 0 Å². The third kappa shape index (κ3) is 3.14. The molecule has 0 N–H and O–H groups in total. The number of benzene rings is 1. The number of imide groups is 1. The molecular formula is C18H22N2O3. The summed E-state index contributed by atoms with van der Waals surface area (Å²) < 4.78 is 0. The normalized spacial score (nSPS) is 23.8. The second kappa shape index (κ2) is 6.52. The molecule has 5 nitrogen and oxygen atoms in total. The highest BCUT2D eigenvalue weighted by Gasteiger charge is 2.48. The predicted molar refractivity (Wildman–Crippen MR) is 85.1 cm³/mol. The van der Waals surface area contributed by atoms with Crippen molar-refractivity contribution in [2.45, 2.75) is 32.2 Å². The van der Waals surface area contributed by atoms with Crippen LogP contribution in [-0.4, -0.2) is 41.1 Å². The van der Waals surface area contributed by atoms with Gasteiger partial charge in [-0.2, -0.15) is 0 Å². The van der Waals surface area contributed by atoms with E-state index in [4.69, 9.17) is 0 Å². The lowest BCUT2D eigenvalue weighted by molar-refractivity contribution is -0.146.